The molecule has 1 saturated heterocycles. The van der Waals surface area contributed by atoms with Gasteiger partial charge in [0.2, 0.25) is 0 Å². The fourth-order valence-corrected chi connectivity index (χ4v) is 3.36. The Morgan fingerprint density at radius 1 is 1.00 bits per heavy atom. The molecule has 0 aliphatic carbocycles. The molecule has 1 aromatic carbocycles. The topological polar surface area (TPSA) is 91.2 Å². The first-order valence-electron chi connectivity index (χ1n) is 9.92. The smallest absolute Gasteiger partial charge is 0.125 e. The van der Waals surface area contributed by atoms with Gasteiger partial charge in [-0.05, 0) is 24.6 Å². The molecule has 2 N–H and O–H groups in total. The minimum atomic E-state index is -0.586. The van der Waals surface area contributed by atoms with Crippen molar-refractivity contribution in [3.8, 4) is 22.6 Å². The Labute approximate surface area is 171 Å². The average Bonchev–Trinajstić information content (AvgIpc) is 2.74. The molecule has 0 amide bonds. The summed E-state index contributed by atoms with van der Waals surface area (Å²) in [6.45, 7) is 7.10. The number of methoxy groups -OCH3 is 1. The van der Waals surface area contributed by atoms with E-state index in [1.165, 1.54) is 0 Å². The summed E-state index contributed by atoms with van der Waals surface area (Å²) < 4.78 is 11.2. The van der Waals surface area contributed by atoms with Gasteiger partial charge in [-0.15, -0.1) is 0 Å². The monoisotopic (exact) mass is 402 g/mol. The third kappa shape index (κ3) is 6.37. The summed E-state index contributed by atoms with van der Waals surface area (Å²) in [5, 5.41) is 19.4. The van der Waals surface area contributed by atoms with E-state index in [-0.39, 0.29) is 13.2 Å². The molecule has 0 saturated carbocycles. The van der Waals surface area contributed by atoms with Gasteiger partial charge in [0.1, 0.15) is 30.0 Å². The van der Waals surface area contributed by atoms with Crippen molar-refractivity contribution in [1.29, 1.82) is 0 Å². The van der Waals surface area contributed by atoms with Gasteiger partial charge in [0, 0.05) is 63.3 Å². The van der Waals surface area contributed by atoms with E-state index in [4.69, 9.17) is 14.6 Å². The van der Waals surface area contributed by atoms with Crippen LogP contribution in [0, 0.1) is 6.92 Å². The number of nitrogens with zero attached hydrogens (tertiary/aromatic N) is 4. The lowest BCUT2D eigenvalue weighted by atomic mass is 10.1. The Kier molecular flexibility index (Phi) is 7.76. The second kappa shape index (κ2) is 10.5. The standard InChI is InChI=1S/C21H30N4O4/c1-16-22-12-18(13-23-16)17-9-20(28-2)11-21(10-17)29-15-19(27)14-25-5-3-24(4-6-25)7-8-26/h9-13,19,26-27H,3-8,14-15H2,1-2H3. The van der Waals surface area contributed by atoms with Crippen LogP contribution >= 0.6 is 0 Å². The maximum Gasteiger partial charge on any atom is 0.125 e. The number of aliphatic hydroxyl groups excluding tert-OH is 2. The zero-order chi connectivity index (χ0) is 20.6. The Morgan fingerprint density at radius 3 is 2.31 bits per heavy atom. The number of aromatic nitrogens is 2. The fraction of sp³-hybridized carbons (Fsp3) is 0.524. The number of benzene rings is 1. The van der Waals surface area contributed by atoms with Crippen LogP contribution in [0.5, 0.6) is 11.5 Å². The van der Waals surface area contributed by atoms with Crippen molar-refractivity contribution < 1.29 is 19.7 Å². The molecule has 8 nitrogen and oxygen atoms in total. The van der Waals surface area contributed by atoms with Crippen LogP contribution in [0.15, 0.2) is 30.6 Å². The lowest BCUT2D eigenvalue weighted by Crippen LogP contribution is -2.49. The highest BCUT2D eigenvalue weighted by Gasteiger charge is 2.19. The zero-order valence-corrected chi connectivity index (χ0v) is 17.1. The highest BCUT2D eigenvalue weighted by Crippen LogP contribution is 2.29. The molecular weight excluding hydrogens is 372 g/mol. The number of hydrogen-bond donors (Lipinski definition) is 2. The molecule has 1 unspecified atom stereocenters. The molecule has 0 radical (unpaired) electrons. The number of aryl methyl sites for hydroxylation is 1. The van der Waals surface area contributed by atoms with E-state index in [1.807, 2.05) is 19.1 Å². The van der Waals surface area contributed by atoms with Crippen molar-refractivity contribution in [2.45, 2.75) is 13.0 Å². The van der Waals surface area contributed by atoms with Crippen LogP contribution in [0.25, 0.3) is 11.1 Å². The number of ether oxygens (including phenoxy) is 2. The SMILES string of the molecule is COc1cc(OCC(O)CN2CCN(CCO)CC2)cc(-c2cnc(C)nc2)c1. The maximum absolute atomic E-state index is 10.4. The zero-order valence-electron chi connectivity index (χ0n) is 17.1. The minimum Gasteiger partial charge on any atom is -0.497 e. The predicted octanol–water partition coefficient (Wildman–Crippen LogP) is 0.810. The molecule has 8 heteroatoms. The highest BCUT2D eigenvalue weighted by molar-refractivity contribution is 5.65. The van der Waals surface area contributed by atoms with Gasteiger partial charge in [0.05, 0.1) is 13.7 Å². The Balaban J connectivity index is 1.55. The molecular formula is C21H30N4O4. The van der Waals surface area contributed by atoms with Gasteiger partial charge in [-0.25, -0.2) is 9.97 Å². The molecule has 2 aromatic rings. The first-order valence-corrected chi connectivity index (χ1v) is 9.92. The summed E-state index contributed by atoms with van der Waals surface area (Å²) >= 11 is 0. The van der Waals surface area contributed by atoms with E-state index in [0.29, 0.717) is 30.4 Å². The molecule has 1 atom stereocenters. The largest absolute Gasteiger partial charge is 0.497 e. The first kappa shape index (κ1) is 21.4. The Morgan fingerprint density at radius 2 is 1.66 bits per heavy atom. The van der Waals surface area contributed by atoms with Crippen LogP contribution < -0.4 is 9.47 Å². The Bertz CT molecular complexity index is 764. The molecule has 1 fully saturated rings. The molecule has 1 aliphatic heterocycles. The van der Waals surface area contributed by atoms with Crippen molar-refractivity contribution in [1.82, 2.24) is 19.8 Å². The molecule has 2 heterocycles. The summed E-state index contributed by atoms with van der Waals surface area (Å²) in [5.41, 5.74) is 1.77. The summed E-state index contributed by atoms with van der Waals surface area (Å²) in [6.07, 6.45) is 2.95. The maximum atomic E-state index is 10.4. The van der Waals surface area contributed by atoms with Crippen molar-refractivity contribution in [3.05, 3.63) is 36.4 Å². The second-order valence-corrected chi connectivity index (χ2v) is 7.25. The predicted molar refractivity (Wildman–Crippen MR) is 110 cm³/mol. The molecule has 29 heavy (non-hydrogen) atoms. The molecule has 1 aromatic heterocycles. The summed E-state index contributed by atoms with van der Waals surface area (Å²) in [7, 11) is 1.61. The van der Waals surface area contributed by atoms with Crippen LogP contribution in [0.2, 0.25) is 0 Å². The van der Waals surface area contributed by atoms with Crippen molar-refractivity contribution in [2.75, 3.05) is 59.6 Å². The van der Waals surface area contributed by atoms with E-state index < -0.39 is 6.10 Å². The van der Waals surface area contributed by atoms with Gasteiger partial charge in [-0.3, -0.25) is 9.80 Å². The molecule has 3 rings (SSSR count). The van der Waals surface area contributed by atoms with Gasteiger partial charge < -0.3 is 19.7 Å². The third-order valence-corrected chi connectivity index (χ3v) is 5.02. The number of rotatable bonds is 9. The van der Waals surface area contributed by atoms with Crippen LogP contribution in [-0.4, -0.2) is 95.7 Å². The van der Waals surface area contributed by atoms with Crippen molar-refractivity contribution >= 4 is 0 Å². The highest BCUT2D eigenvalue weighted by atomic mass is 16.5. The van der Waals surface area contributed by atoms with Gasteiger partial charge in [0.15, 0.2) is 0 Å². The number of β-amino-alcohol motifs (C(OH)–C–C–N with tert-alkyl or cyclic N) is 2. The van der Waals surface area contributed by atoms with E-state index in [2.05, 4.69) is 19.8 Å². The van der Waals surface area contributed by atoms with Gasteiger partial charge in [0.25, 0.3) is 0 Å². The number of piperazine rings is 1. The van der Waals surface area contributed by atoms with Crippen LogP contribution in [0.3, 0.4) is 0 Å². The lowest BCUT2D eigenvalue weighted by molar-refractivity contribution is 0.0428. The summed E-state index contributed by atoms with van der Waals surface area (Å²) in [6, 6.07) is 5.61. The van der Waals surface area contributed by atoms with Crippen molar-refractivity contribution in [2.24, 2.45) is 0 Å². The van der Waals surface area contributed by atoms with Gasteiger partial charge >= 0.3 is 0 Å². The number of aliphatic hydroxyl groups is 2. The Hall–Kier alpha value is -2.26. The van der Waals surface area contributed by atoms with Gasteiger partial charge in [-0.2, -0.15) is 0 Å². The van der Waals surface area contributed by atoms with Crippen LogP contribution in [0.4, 0.5) is 0 Å². The summed E-state index contributed by atoms with van der Waals surface area (Å²) in [5.74, 6) is 2.02. The minimum absolute atomic E-state index is 0.188. The average molecular weight is 402 g/mol. The first-order chi connectivity index (χ1) is 14.1. The summed E-state index contributed by atoms with van der Waals surface area (Å²) in [4.78, 5) is 12.9. The molecule has 158 valence electrons. The quantitative estimate of drug-likeness (QED) is 0.637. The van der Waals surface area contributed by atoms with Crippen molar-refractivity contribution in [3.63, 3.8) is 0 Å². The van der Waals surface area contributed by atoms with E-state index in [0.717, 1.165) is 37.3 Å². The fourth-order valence-electron chi connectivity index (χ4n) is 3.36. The molecule has 0 bridgehead atoms. The number of hydrogen-bond acceptors (Lipinski definition) is 8. The molecule has 0 spiro atoms. The van der Waals surface area contributed by atoms with Gasteiger partial charge in [-0.1, -0.05) is 0 Å². The lowest BCUT2D eigenvalue weighted by Gasteiger charge is -2.35. The van der Waals surface area contributed by atoms with E-state index in [1.54, 1.807) is 25.6 Å². The molecule has 1 aliphatic rings. The van der Waals surface area contributed by atoms with E-state index >= 15 is 0 Å². The second-order valence-electron chi connectivity index (χ2n) is 7.25. The van der Waals surface area contributed by atoms with Crippen LogP contribution in [0.1, 0.15) is 5.82 Å². The van der Waals surface area contributed by atoms with Crippen LogP contribution in [-0.2, 0) is 0 Å². The normalized spacial score (nSPS) is 16.6. The van der Waals surface area contributed by atoms with E-state index in [9.17, 15) is 5.11 Å². The third-order valence-electron chi connectivity index (χ3n) is 5.02.